The fourth-order valence-corrected chi connectivity index (χ4v) is 3.42. The van der Waals surface area contributed by atoms with Crippen molar-refractivity contribution >= 4 is 5.97 Å². The first-order valence-corrected chi connectivity index (χ1v) is 8.57. The Morgan fingerprint density at radius 1 is 1.38 bits per heavy atom. The van der Waals surface area contributed by atoms with Gasteiger partial charge in [0.15, 0.2) is 0 Å². The van der Waals surface area contributed by atoms with Gasteiger partial charge in [0.1, 0.15) is 11.9 Å². The van der Waals surface area contributed by atoms with Crippen molar-refractivity contribution in [1.82, 2.24) is 0 Å². The summed E-state index contributed by atoms with van der Waals surface area (Å²) in [5, 5.41) is 31.2. The molecule has 26 heavy (non-hydrogen) atoms. The molecule has 6 nitrogen and oxygen atoms in total. The molecule has 0 radical (unpaired) electrons. The van der Waals surface area contributed by atoms with Gasteiger partial charge in [0.2, 0.25) is 5.79 Å². The molecule has 3 heterocycles. The molecule has 3 aliphatic heterocycles. The average molecular weight is 360 g/mol. The van der Waals surface area contributed by atoms with E-state index in [1.165, 1.54) is 12.2 Å². The highest BCUT2D eigenvalue weighted by Gasteiger charge is 2.42. The lowest BCUT2D eigenvalue weighted by Gasteiger charge is -2.29. The average Bonchev–Trinajstić information content (AvgIpc) is 3.01. The van der Waals surface area contributed by atoms with Crippen molar-refractivity contribution in [1.29, 1.82) is 0 Å². The van der Waals surface area contributed by atoms with Gasteiger partial charge in [0, 0.05) is 24.3 Å². The van der Waals surface area contributed by atoms with Crippen LogP contribution in [0.5, 0.6) is 0 Å². The van der Waals surface area contributed by atoms with Crippen LogP contribution in [0, 0.1) is 5.92 Å². The Bertz CT molecular complexity index is 754. The third kappa shape index (κ3) is 3.67. The monoisotopic (exact) mass is 360 g/mol. The van der Waals surface area contributed by atoms with Gasteiger partial charge in [-0.1, -0.05) is 24.3 Å². The number of rotatable bonds is 2. The van der Waals surface area contributed by atoms with Crippen molar-refractivity contribution in [2.75, 3.05) is 6.61 Å². The molecule has 140 valence electrons. The van der Waals surface area contributed by atoms with Crippen LogP contribution in [0.4, 0.5) is 0 Å². The van der Waals surface area contributed by atoms with E-state index >= 15 is 0 Å². The zero-order valence-corrected chi connectivity index (χ0v) is 14.9. The minimum Gasteiger partial charge on any atom is -0.459 e. The summed E-state index contributed by atoms with van der Waals surface area (Å²) in [6, 6.07) is 0. The van der Waals surface area contributed by atoms with Crippen LogP contribution >= 0.6 is 0 Å². The Morgan fingerprint density at radius 2 is 2.12 bits per heavy atom. The topological polar surface area (TPSA) is 96.2 Å². The van der Waals surface area contributed by atoms with E-state index in [0.29, 0.717) is 11.1 Å². The molecular weight excluding hydrogens is 336 g/mol. The molecule has 0 aromatic rings. The molecule has 0 fully saturated rings. The van der Waals surface area contributed by atoms with E-state index in [-0.39, 0.29) is 31.1 Å². The Morgan fingerprint density at radius 3 is 2.77 bits per heavy atom. The number of carbonyl (C=O) groups excluding carboxylic acids is 1. The summed E-state index contributed by atoms with van der Waals surface area (Å²) in [5.74, 6) is -2.17. The third-order valence-electron chi connectivity index (χ3n) is 4.84. The summed E-state index contributed by atoms with van der Waals surface area (Å²) in [7, 11) is 0. The maximum atomic E-state index is 12.0. The highest BCUT2D eigenvalue weighted by molar-refractivity contribution is 5.93. The number of aliphatic hydroxyl groups excluding tert-OH is 1. The van der Waals surface area contributed by atoms with Gasteiger partial charge in [0.05, 0.1) is 17.8 Å². The molecule has 3 N–H and O–H groups in total. The molecular formula is C20H24O6. The zero-order chi connectivity index (χ0) is 19.1. The summed E-state index contributed by atoms with van der Waals surface area (Å²) >= 11 is 0. The molecule has 0 amide bonds. The van der Waals surface area contributed by atoms with Crippen LogP contribution in [0.25, 0.3) is 0 Å². The minimum absolute atomic E-state index is 0.121. The van der Waals surface area contributed by atoms with Crippen molar-refractivity contribution in [2.24, 2.45) is 5.92 Å². The Labute approximate surface area is 152 Å². The summed E-state index contributed by atoms with van der Waals surface area (Å²) in [6.45, 7) is 6.95. The first-order valence-electron chi connectivity index (χ1n) is 8.57. The van der Waals surface area contributed by atoms with Crippen molar-refractivity contribution < 1.29 is 29.6 Å². The first kappa shape index (κ1) is 18.6. The molecule has 4 atom stereocenters. The lowest BCUT2D eigenvalue weighted by atomic mass is 9.89. The van der Waals surface area contributed by atoms with Crippen LogP contribution in [-0.2, 0) is 14.3 Å². The second kappa shape index (κ2) is 6.54. The van der Waals surface area contributed by atoms with E-state index in [2.05, 4.69) is 6.58 Å². The van der Waals surface area contributed by atoms with Crippen molar-refractivity contribution in [3.05, 3.63) is 59.4 Å². The number of aliphatic hydroxyl groups is 3. The zero-order valence-electron chi connectivity index (χ0n) is 14.9. The molecule has 0 saturated carbocycles. The van der Waals surface area contributed by atoms with Gasteiger partial charge in [0.25, 0.3) is 0 Å². The van der Waals surface area contributed by atoms with E-state index < -0.39 is 23.5 Å². The van der Waals surface area contributed by atoms with E-state index in [9.17, 15) is 20.1 Å². The first-order chi connectivity index (χ1) is 12.1. The molecule has 4 bridgehead atoms. The fourth-order valence-electron chi connectivity index (χ4n) is 3.42. The molecule has 6 heteroatoms. The predicted molar refractivity (Wildman–Crippen MR) is 94.6 cm³/mol. The van der Waals surface area contributed by atoms with E-state index in [4.69, 9.17) is 9.47 Å². The number of esters is 1. The van der Waals surface area contributed by atoms with Gasteiger partial charge in [-0.15, -0.1) is 0 Å². The minimum atomic E-state index is -1.70. The molecule has 2 unspecified atom stereocenters. The van der Waals surface area contributed by atoms with Crippen LogP contribution in [0.1, 0.15) is 26.7 Å². The van der Waals surface area contributed by atoms with Gasteiger partial charge in [-0.25, -0.2) is 4.79 Å². The number of ether oxygens (including phenoxy) is 2. The van der Waals surface area contributed by atoms with E-state index in [0.717, 1.165) is 5.57 Å². The largest absolute Gasteiger partial charge is 0.459 e. The van der Waals surface area contributed by atoms with E-state index in [1.54, 1.807) is 25.2 Å². The summed E-state index contributed by atoms with van der Waals surface area (Å²) in [5.41, 5.74) is 0.157. The fraction of sp³-hybridized carbons (Fsp3) is 0.450. The Hall–Kier alpha value is -2.15. The number of fused-ring (bicyclic) bond motifs is 3. The highest BCUT2D eigenvalue weighted by atomic mass is 16.6. The summed E-state index contributed by atoms with van der Waals surface area (Å²) in [6.07, 6.45) is 7.80. The quantitative estimate of drug-likeness (QED) is 0.512. The van der Waals surface area contributed by atoms with Gasteiger partial charge in [-0.2, -0.15) is 0 Å². The van der Waals surface area contributed by atoms with Crippen LogP contribution in [-0.4, -0.2) is 45.4 Å². The number of allylic oxidation sites excluding steroid dienone is 3. The molecule has 3 rings (SSSR count). The van der Waals surface area contributed by atoms with Crippen molar-refractivity contribution in [2.45, 2.75) is 44.2 Å². The van der Waals surface area contributed by atoms with Crippen LogP contribution in [0.3, 0.4) is 0 Å². The summed E-state index contributed by atoms with van der Waals surface area (Å²) < 4.78 is 11.0. The maximum absolute atomic E-state index is 12.0. The predicted octanol–water partition coefficient (Wildman–Crippen LogP) is 1.65. The highest BCUT2D eigenvalue weighted by Crippen LogP contribution is 2.39. The number of hydrogen-bond acceptors (Lipinski definition) is 6. The standard InChI is InChI=1S/C20H24O6/c1-12(2)14-5-4-13-6-16(25-18(13)22)9-19(3,23)10-17-7-15(11-21)20(24,8-14)26-17/h4-7,10,14,16,21,23-24H,1,8-9,11H2,2-3H3/b5-4+,17-10-/t14-,16-,19?,20?/m1/s1. The molecule has 0 aliphatic carbocycles. The van der Waals surface area contributed by atoms with Crippen LogP contribution in [0.2, 0.25) is 0 Å². The van der Waals surface area contributed by atoms with Crippen molar-refractivity contribution in [3.8, 4) is 0 Å². The summed E-state index contributed by atoms with van der Waals surface area (Å²) in [4.78, 5) is 12.0. The maximum Gasteiger partial charge on any atom is 0.338 e. The second-order valence-electron chi connectivity index (χ2n) is 7.40. The molecule has 0 saturated heterocycles. The van der Waals surface area contributed by atoms with E-state index in [1.807, 2.05) is 6.92 Å². The Kier molecular flexibility index (Phi) is 4.69. The molecule has 0 aromatic heterocycles. The van der Waals surface area contributed by atoms with Gasteiger partial charge >= 0.3 is 5.97 Å². The second-order valence-corrected chi connectivity index (χ2v) is 7.40. The normalized spacial score (nSPS) is 39.9. The lowest BCUT2D eigenvalue weighted by Crippen LogP contribution is -2.35. The number of carbonyl (C=O) groups is 1. The van der Waals surface area contributed by atoms with Gasteiger partial charge in [-0.3, -0.25) is 0 Å². The Balaban J connectivity index is 2.05. The molecule has 0 spiro atoms. The van der Waals surface area contributed by atoms with Crippen molar-refractivity contribution in [3.63, 3.8) is 0 Å². The van der Waals surface area contributed by atoms with Crippen LogP contribution < -0.4 is 0 Å². The third-order valence-corrected chi connectivity index (χ3v) is 4.84. The lowest BCUT2D eigenvalue weighted by molar-refractivity contribution is -0.146. The van der Waals surface area contributed by atoms with Gasteiger partial charge in [-0.05, 0) is 32.1 Å². The molecule has 0 aromatic carbocycles. The molecule has 3 aliphatic rings. The van der Waals surface area contributed by atoms with Gasteiger partial charge < -0.3 is 24.8 Å². The number of hydrogen-bond donors (Lipinski definition) is 3. The smallest absolute Gasteiger partial charge is 0.338 e. The SMILES string of the molecule is C=C(C)[C@@H]1/C=C/C2=C[C@H](CC(C)(O)/C=C3/C=C(CO)C(O)(C1)O3)OC2=O. The van der Waals surface area contributed by atoms with Crippen LogP contribution in [0.15, 0.2) is 59.4 Å².